The van der Waals surface area contributed by atoms with Gasteiger partial charge in [-0.05, 0) is 0 Å². The first-order chi connectivity index (χ1) is 5.16. The minimum absolute atomic E-state index is 0.618. The first kappa shape index (κ1) is 8.22. The van der Waals surface area contributed by atoms with Crippen LogP contribution in [0.25, 0.3) is 0 Å². The van der Waals surface area contributed by atoms with Gasteiger partial charge in [-0.3, -0.25) is 9.59 Å². The lowest BCUT2D eigenvalue weighted by molar-refractivity contribution is -0.147. The van der Waals surface area contributed by atoms with Crippen LogP contribution in [0.2, 0.25) is 0 Å². The number of ether oxygens (including phenoxy) is 1. The molecule has 5 nitrogen and oxygen atoms in total. The Balaban J connectivity index is 2.69. The van der Waals surface area contributed by atoms with Crippen LogP contribution in [0.1, 0.15) is 0 Å². The molecular weight excluding hydrogens is 170 g/mol. The van der Waals surface area contributed by atoms with E-state index in [1.54, 1.807) is 0 Å². The summed E-state index contributed by atoms with van der Waals surface area (Å²) < 4.78 is 6.61. The summed E-state index contributed by atoms with van der Waals surface area (Å²) in [5, 5.41) is -0.652. The van der Waals surface area contributed by atoms with Crippen molar-refractivity contribution in [2.45, 2.75) is 6.04 Å². The standard InChI is InChI=1S/C5H5NO4S/c1-10-4(8)2-3(7)5(9)11-6-2/h2,6H,1H3. The van der Waals surface area contributed by atoms with Gasteiger partial charge in [0.15, 0.2) is 6.04 Å². The fraction of sp³-hybridized carbons (Fsp3) is 0.400. The molecule has 1 unspecified atom stereocenters. The molecule has 0 aromatic heterocycles. The van der Waals surface area contributed by atoms with E-state index >= 15 is 0 Å². The highest BCUT2D eigenvalue weighted by Crippen LogP contribution is 2.12. The second kappa shape index (κ2) is 3.02. The third kappa shape index (κ3) is 1.41. The summed E-state index contributed by atoms with van der Waals surface area (Å²) >= 11 is 0.618. The normalized spacial score (nSPS) is 23.9. The summed E-state index contributed by atoms with van der Waals surface area (Å²) in [7, 11) is 1.16. The first-order valence-electron chi connectivity index (χ1n) is 2.75. The third-order valence-corrected chi connectivity index (χ3v) is 1.91. The van der Waals surface area contributed by atoms with E-state index in [-0.39, 0.29) is 0 Å². The van der Waals surface area contributed by atoms with Gasteiger partial charge in [0.25, 0.3) is 5.12 Å². The SMILES string of the molecule is COC(=O)C1NSC(=O)C1=O. The highest BCUT2D eigenvalue weighted by Gasteiger charge is 2.39. The number of ketones is 1. The molecule has 1 heterocycles. The molecular formula is C5H5NO4S. The highest BCUT2D eigenvalue weighted by atomic mass is 32.2. The van der Waals surface area contributed by atoms with E-state index in [2.05, 4.69) is 9.46 Å². The van der Waals surface area contributed by atoms with Crippen LogP contribution < -0.4 is 4.72 Å². The number of methoxy groups -OCH3 is 1. The summed E-state index contributed by atoms with van der Waals surface area (Å²) in [5.74, 6) is -1.48. The predicted molar refractivity (Wildman–Crippen MR) is 36.5 cm³/mol. The zero-order chi connectivity index (χ0) is 8.43. The number of carbonyl (C=O) groups excluding carboxylic acids is 3. The van der Waals surface area contributed by atoms with Crippen LogP contribution >= 0.6 is 11.9 Å². The van der Waals surface area contributed by atoms with Gasteiger partial charge < -0.3 is 4.74 Å². The van der Waals surface area contributed by atoms with E-state index in [0.29, 0.717) is 11.9 Å². The number of esters is 1. The van der Waals surface area contributed by atoms with Crippen molar-refractivity contribution in [2.75, 3.05) is 7.11 Å². The quantitative estimate of drug-likeness (QED) is 0.235. The zero-order valence-corrected chi connectivity index (χ0v) is 6.44. The van der Waals surface area contributed by atoms with Gasteiger partial charge >= 0.3 is 5.97 Å². The Morgan fingerprint density at radius 3 is 2.64 bits per heavy atom. The lowest BCUT2D eigenvalue weighted by Gasteiger charge is -2.01. The molecule has 0 aromatic rings. The van der Waals surface area contributed by atoms with Crippen LogP contribution in [-0.2, 0) is 19.1 Å². The predicted octanol–water partition coefficient (Wildman–Crippen LogP) is -1.12. The Hall–Kier alpha value is -0.880. The second-order valence-corrected chi connectivity index (χ2v) is 2.64. The van der Waals surface area contributed by atoms with Gasteiger partial charge in [0, 0.05) is 11.9 Å². The second-order valence-electron chi connectivity index (χ2n) is 1.83. The van der Waals surface area contributed by atoms with Crippen molar-refractivity contribution in [3.8, 4) is 0 Å². The van der Waals surface area contributed by atoms with Gasteiger partial charge in [-0.1, -0.05) is 0 Å². The van der Waals surface area contributed by atoms with Gasteiger partial charge in [0.1, 0.15) is 0 Å². The van der Waals surface area contributed by atoms with E-state index in [1.807, 2.05) is 0 Å². The van der Waals surface area contributed by atoms with E-state index in [1.165, 1.54) is 0 Å². The molecule has 1 N–H and O–H groups in total. The zero-order valence-electron chi connectivity index (χ0n) is 5.62. The van der Waals surface area contributed by atoms with Crippen molar-refractivity contribution in [2.24, 2.45) is 0 Å². The van der Waals surface area contributed by atoms with E-state index < -0.39 is 22.9 Å². The Morgan fingerprint density at radius 1 is 1.64 bits per heavy atom. The molecule has 0 saturated carbocycles. The fourth-order valence-electron chi connectivity index (χ4n) is 0.607. The van der Waals surface area contributed by atoms with E-state index in [4.69, 9.17) is 0 Å². The van der Waals surface area contributed by atoms with E-state index in [0.717, 1.165) is 7.11 Å². The number of hydrogen-bond donors (Lipinski definition) is 1. The molecule has 0 radical (unpaired) electrons. The summed E-state index contributed by atoms with van der Waals surface area (Å²) in [6.07, 6.45) is 0. The molecule has 0 aromatic carbocycles. The number of Topliss-reactive ketones (excluding diaryl/α,β-unsaturated/α-hetero) is 1. The Bertz CT molecular complexity index is 227. The van der Waals surface area contributed by atoms with Crippen LogP contribution in [0.15, 0.2) is 0 Å². The van der Waals surface area contributed by atoms with Crippen molar-refractivity contribution < 1.29 is 19.1 Å². The van der Waals surface area contributed by atoms with Crippen LogP contribution in [0, 0.1) is 0 Å². The first-order valence-corrected chi connectivity index (χ1v) is 3.57. The molecule has 1 fully saturated rings. The van der Waals surface area contributed by atoms with Gasteiger partial charge in [-0.25, -0.2) is 9.52 Å². The fourth-order valence-corrected chi connectivity index (χ4v) is 1.25. The van der Waals surface area contributed by atoms with Crippen molar-refractivity contribution >= 4 is 28.8 Å². The smallest absolute Gasteiger partial charge is 0.332 e. The number of carbonyl (C=O) groups is 3. The minimum atomic E-state index is -1.11. The van der Waals surface area contributed by atoms with Crippen molar-refractivity contribution in [3.05, 3.63) is 0 Å². The topological polar surface area (TPSA) is 72.5 Å². The average Bonchev–Trinajstić information content (AvgIpc) is 2.32. The Morgan fingerprint density at radius 2 is 2.27 bits per heavy atom. The molecule has 1 aliphatic heterocycles. The van der Waals surface area contributed by atoms with Gasteiger partial charge in [0.05, 0.1) is 7.11 Å². The summed E-state index contributed by atoms with van der Waals surface area (Å²) in [6.45, 7) is 0. The van der Waals surface area contributed by atoms with Gasteiger partial charge in [0.2, 0.25) is 5.78 Å². The summed E-state index contributed by atoms with van der Waals surface area (Å²) in [5.41, 5.74) is 0. The molecule has 1 atom stereocenters. The van der Waals surface area contributed by atoms with Crippen molar-refractivity contribution in [1.29, 1.82) is 0 Å². The molecule has 6 heteroatoms. The maximum absolute atomic E-state index is 10.8. The van der Waals surface area contributed by atoms with Gasteiger partial charge in [-0.2, -0.15) is 0 Å². The lowest BCUT2D eigenvalue weighted by atomic mass is 10.2. The average molecular weight is 175 g/mol. The molecule has 1 rings (SSSR count). The molecule has 0 amide bonds. The molecule has 11 heavy (non-hydrogen) atoms. The number of rotatable bonds is 1. The Labute approximate surface area is 66.6 Å². The third-order valence-electron chi connectivity index (χ3n) is 1.17. The maximum Gasteiger partial charge on any atom is 0.332 e. The van der Waals surface area contributed by atoms with Crippen LogP contribution in [0.3, 0.4) is 0 Å². The van der Waals surface area contributed by atoms with Crippen LogP contribution in [0.4, 0.5) is 0 Å². The van der Waals surface area contributed by atoms with Crippen LogP contribution in [-0.4, -0.2) is 30.0 Å². The highest BCUT2D eigenvalue weighted by molar-refractivity contribution is 8.14. The van der Waals surface area contributed by atoms with Gasteiger partial charge in [-0.15, -0.1) is 0 Å². The number of nitrogens with one attached hydrogen (secondary N) is 1. The largest absolute Gasteiger partial charge is 0.467 e. The summed E-state index contributed by atoms with van der Waals surface area (Å²) in [6, 6.07) is -1.11. The molecule has 0 aliphatic carbocycles. The minimum Gasteiger partial charge on any atom is -0.467 e. The number of hydrogen-bond acceptors (Lipinski definition) is 6. The molecule has 1 aliphatic rings. The molecule has 0 spiro atoms. The van der Waals surface area contributed by atoms with Crippen molar-refractivity contribution in [3.63, 3.8) is 0 Å². The van der Waals surface area contributed by atoms with E-state index in [9.17, 15) is 14.4 Å². The molecule has 0 bridgehead atoms. The van der Waals surface area contributed by atoms with Crippen LogP contribution in [0.5, 0.6) is 0 Å². The Kier molecular flexibility index (Phi) is 2.25. The maximum atomic E-state index is 10.8. The van der Waals surface area contributed by atoms with Crippen molar-refractivity contribution in [1.82, 2.24) is 4.72 Å². The molecule has 60 valence electrons. The monoisotopic (exact) mass is 175 g/mol. The lowest BCUT2D eigenvalue weighted by Crippen LogP contribution is -2.36. The summed E-state index contributed by atoms with van der Waals surface area (Å²) in [4.78, 5) is 32.0. The molecule has 1 saturated heterocycles.